The number of aryl methyl sites for hydroxylation is 1. The second-order valence-electron chi connectivity index (χ2n) is 6.70. The third kappa shape index (κ3) is 4.41. The maximum absolute atomic E-state index is 12.4. The van der Waals surface area contributed by atoms with E-state index in [1.165, 1.54) is 12.8 Å². The Kier molecular flexibility index (Phi) is 5.61. The summed E-state index contributed by atoms with van der Waals surface area (Å²) in [5.74, 6) is 2.51. The van der Waals surface area contributed by atoms with Crippen molar-refractivity contribution in [3.63, 3.8) is 0 Å². The molecule has 1 aromatic rings. The van der Waals surface area contributed by atoms with Crippen LogP contribution in [-0.2, 0) is 16.0 Å². The zero-order valence-corrected chi connectivity index (χ0v) is 14.6. The number of nitrogens with zero attached hydrogens (tertiary/aromatic N) is 1. The molecule has 5 heteroatoms. The van der Waals surface area contributed by atoms with Crippen LogP contribution in [0.5, 0.6) is 11.5 Å². The average Bonchev–Trinajstić information content (AvgIpc) is 3.33. The van der Waals surface area contributed by atoms with Gasteiger partial charge in [0.1, 0.15) is 11.5 Å². The number of hydrogen-bond acceptors (Lipinski definition) is 4. The van der Waals surface area contributed by atoms with Crippen LogP contribution >= 0.6 is 0 Å². The van der Waals surface area contributed by atoms with E-state index in [1.807, 2.05) is 23.1 Å². The van der Waals surface area contributed by atoms with Gasteiger partial charge in [0.05, 0.1) is 20.3 Å². The van der Waals surface area contributed by atoms with Gasteiger partial charge in [0.25, 0.3) is 0 Å². The summed E-state index contributed by atoms with van der Waals surface area (Å²) in [6.07, 6.45) is 4.97. The van der Waals surface area contributed by atoms with Crippen molar-refractivity contribution in [1.29, 1.82) is 0 Å². The van der Waals surface area contributed by atoms with Crippen LogP contribution < -0.4 is 9.47 Å². The van der Waals surface area contributed by atoms with Crippen LogP contribution in [0.25, 0.3) is 0 Å². The van der Waals surface area contributed by atoms with Gasteiger partial charge in [-0.2, -0.15) is 0 Å². The summed E-state index contributed by atoms with van der Waals surface area (Å²) >= 11 is 0. The molecule has 1 aliphatic carbocycles. The summed E-state index contributed by atoms with van der Waals surface area (Å²) in [4.78, 5) is 14.4. The first kappa shape index (κ1) is 17.1. The van der Waals surface area contributed by atoms with E-state index in [0.717, 1.165) is 49.1 Å². The van der Waals surface area contributed by atoms with E-state index in [9.17, 15) is 4.79 Å². The average molecular weight is 333 g/mol. The molecule has 2 fully saturated rings. The van der Waals surface area contributed by atoms with Gasteiger partial charge in [-0.1, -0.05) is 6.07 Å². The smallest absolute Gasteiger partial charge is 0.222 e. The Morgan fingerprint density at radius 1 is 1.21 bits per heavy atom. The van der Waals surface area contributed by atoms with Crippen LogP contribution in [0.1, 0.15) is 31.2 Å². The molecule has 1 unspecified atom stereocenters. The third-order valence-electron chi connectivity index (χ3n) is 4.86. The molecule has 0 spiro atoms. The molecule has 5 nitrogen and oxygen atoms in total. The number of rotatable bonds is 8. The number of hydrogen-bond donors (Lipinski definition) is 0. The highest BCUT2D eigenvalue weighted by Gasteiger charge is 2.29. The van der Waals surface area contributed by atoms with Crippen molar-refractivity contribution in [3.8, 4) is 11.5 Å². The lowest BCUT2D eigenvalue weighted by Crippen LogP contribution is -2.30. The first-order valence-corrected chi connectivity index (χ1v) is 8.80. The van der Waals surface area contributed by atoms with E-state index in [2.05, 4.69) is 0 Å². The Bertz CT molecular complexity index is 570. The van der Waals surface area contributed by atoms with E-state index in [0.29, 0.717) is 12.8 Å². The number of methoxy groups -OCH3 is 2. The Morgan fingerprint density at radius 2 is 2.04 bits per heavy atom. The zero-order valence-electron chi connectivity index (χ0n) is 14.6. The Labute approximate surface area is 143 Å². The van der Waals surface area contributed by atoms with Crippen LogP contribution in [0.15, 0.2) is 18.2 Å². The molecule has 1 atom stereocenters. The van der Waals surface area contributed by atoms with E-state index >= 15 is 0 Å². The van der Waals surface area contributed by atoms with E-state index in [-0.39, 0.29) is 12.0 Å². The standard InChI is InChI=1S/C19H27NO4/c1-22-16-7-5-15(18(11-16)23-2)6-8-19(21)20-10-9-17(12-20)24-13-14-3-4-14/h5,7,11,14,17H,3-4,6,8-10,12-13H2,1-2H3. The number of likely N-dealkylation sites (tertiary alicyclic amines) is 1. The van der Waals surface area contributed by atoms with Crippen LogP contribution in [0, 0.1) is 5.92 Å². The number of benzene rings is 1. The van der Waals surface area contributed by atoms with Crippen LogP contribution in [0.4, 0.5) is 0 Å². The lowest BCUT2D eigenvalue weighted by Gasteiger charge is -2.17. The molecule has 0 aromatic heterocycles. The molecule has 1 aromatic carbocycles. The van der Waals surface area contributed by atoms with Crippen molar-refractivity contribution in [2.75, 3.05) is 33.9 Å². The second kappa shape index (κ2) is 7.88. The van der Waals surface area contributed by atoms with Crippen LogP contribution in [-0.4, -0.2) is 50.8 Å². The van der Waals surface area contributed by atoms with Gasteiger partial charge in [-0.3, -0.25) is 4.79 Å². The minimum Gasteiger partial charge on any atom is -0.497 e. The molecule has 132 valence electrons. The van der Waals surface area contributed by atoms with Crippen molar-refractivity contribution < 1.29 is 19.0 Å². The molecule has 2 aliphatic rings. The van der Waals surface area contributed by atoms with Crippen molar-refractivity contribution in [1.82, 2.24) is 4.90 Å². The molecular weight excluding hydrogens is 306 g/mol. The second-order valence-corrected chi connectivity index (χ2v) is 6.70. The third-order valence-corrected chi connectivity index (χ3v) is 4.86. The van der Waals surface area contributed by atoms with Gasteiger partial charge in [-0.15, -0.1) is 0 Å². The molecule has 1 saturated heterocycles. The molecule has 0 bridgehead atoms. The van der Waals surface area contributed by atoms with Crippen molar-refractivity contribution in [3.05, 3.63) is 23.8 Å². The van der Waals surface area contributed by atoms with Gasteiger partial charge in [0.15, 0.2) is 0 Å². The summed E-state index contributed by atoms with van der Waals surface area (Å²) in [5.41, 5.74) is 1.03. The Morgan fingerprint density at radius 3 is 2.75 bits per heavy atom. The van der Waals surface area contributed by atoms with Crippen molar-refractivity contribution in [2.45, 2.75) is 38.2 Å². The monoisotopic (exact) mass is 333 g/mol. The molecule has 1 heterocycles. The molecular formula is C19H27NO4. The molecule has 24 heavy (non-hydrogen) atoms. The van der Waals surface area contributed by atoms with Gasteiger partial charge in [0, 0.05) is 32.2 Å². The number of ether oxygens (including phenoxy) is 3. The predicted octanol–water partition coefficient (Wildman–Crippen LogP) is 2.66. The summed E-state index contributed by atoms with van der Waals surface area (Å²) in [6, 6.07) is 5.73. The first-order valence-electron chi connectivity index (χ1n) is 8.80. The lowest BCUT2D eigenvalue weighted by atomic mass is 10.1. The fourth-order valence-corrected chi connectivity index (χ4v) is 3.11. The maximum Gasteiger partial charge on any atom is 0.222 e. The van der Waals surface area contributed by atoms with Gasteiger partial charge >= 0.3 is 0 Å². The summed E-state index contributed by atoms with van der Waals surface area (Å²) in [7, 11) is 3.27. The van der Waals surface area contributed by atoms with Crippen LogP contribution in [0.3, 0.4) is 0 Å². The molecule has 1 amide bonds. The topological polar surface area (TPSA) is 48.0 Å². The summed E-state index contributed by atoms with van der Waals surface area (Å²) < 4.78 is 16.5. The molecule has 3 rings (SSSR count). The minimum atomic E-state index is 0.199. The first-order chi connectivity index (χ1) is 11.7. The summed E-state index contributed by atoms with van der Waals surface area (Å²) in [5, 5.41) is 0. The SMILES string of the molecule is COc1ccc(CCC(=O)N2CCC(OCC3CC3)C2)c(OC)c1. The predicted molar refractivity (Wildman–Crippen MR) is 91.5 cm³/mol. The minimum absolute atomic E-state index is 0.199. The van der Waals surface area contributed by atoms with Gasteiger partial charge in [-0.05, 0) is 43.2 Å². The maximum atomic E-state index is 12.4. The Balaban J connectivity index is 1.46. The quantitative estimate of drug-likeness (QED) is 0.734. The molecule has 0 N–H and O–H groups in total. The van der Waals surface area contributed by atoms with E-state index in [1.54, 1.807) is 14.2 Å². The highest BCUT2D eigenvalue weighted by Crippen LogP contribution is 2.30. The van der Waals surface area contributed by atoms with Gasteiger partial charge in [0.2, 0.25) is 5.91 Å². The van der Waals surface area contributed by atoms with Gasteiger partial charge < -0.3 is 19.1 Å². The highest BCUT2D eigenvalue weighted by molar-refractivity contribution is 5.77. The van der Waals surface area contributed by atoms with E-state index in [4.69, 9.17) is 14.2 Å². The van der Waals surface area contributed by atoms with Crippen LogP contribution in [0.2, 0.25) is 0 Å². The largest absolute Gasteiger partial charge is 0.497 e. The number of carbonyl (C=O) groups is 1. The summed E-state index contributed by atoms with van der Waals surface area (Å²) in [6.45, 7) is 2.43. The van der Waals surface area contributed by atoms with Crippen molar-refractivity contribution >= 4 is 5.91 Å². The van der Waals surface area contributed by atoms with Gasteiger partial charge in [-0.25, -0.2) is 0 Å². The highest BCUT2D eigenvalue weighted by atomic mass is 16.5. The molecule has 0 radical (unpaired) electrons. The Hall–Kier alpha value is -1.75. The van der Waals surface area contributed by atoms with Crippen molar-refractivity contribution in [2.24, 2.45) is 5.92 Å². The molecule has 1 saturated carbocycles. The normalized spacial score (nSPS) is 20.2. The number of amides is 1. The zero-order chi connectivity index (χ0) is 16.9. The number of carbonyl (C=O) groups excluding carboxylic acids is 1. The lowest BCUT2D eigenvalue weighted by molar-refractivity contribution is -0.130. The van der Waals surface area contributed by atoms with E-state index < -0.39 is 0 Å². The fourth-order valence-electron chi connectivity index (χ4n) is 3.11. The fraction of sp³-hybridized carbons (Fsp3) is 0.632. The molecule has 1 aliphatic heterocycles.